The van der Waals surface area contributed by atoms with E-state index in [4.69, 9.17) is 9.31 Å². The van der Waals surface area contributed by atoms with Crippen molar-refractivity contribution in [2.75, 3.05) is 13.6 Å². The van der Waals surface area contributed by atoms with Crippen LogP contribution in [0.15, 0.2) is 17.7 Å². The van der Waals surface area contributed by atoms with E-state index in [2.05, 4.69) is 10.3 Å². The van der Waals surface area contributed by atoms with E-state index in [0.29, 0.717) is 6.54 Å². The topological polar surface area (TPSA) is 43.4 Å². The van der Waals surface area contributed by atoms with Crippen LogP contribution in [0.3, 0.4) is 0 Å². The zero-order valence-electron chi connectivity index (χ0n) is 14.2. The van der Waals surface area contributed by atoms with Crippen LogP contribution in [0.1, 0.15) is 39.0 Å². The minimum atomic E-state index is -0.441. The fourth-order valence-corrected chi connectivity index (χ4v) is 2.28. The van der Waals surface area contributed by atoms with E-state index in [1.54, 1.807) is 0 Å². The Balaban J connectivity index is 2.33. The number of aromatic nitrogens is 1. The highest BCUT2D eigenvalue weighted by atomic mass is 19.1. The van der Waals surface area contributed by atoms with Crippen molar-refractivity contribution in [3.8, 4) is 0 Å². The molecule has 4 nitrogen and oxygen atoms in total. The van der Waals surface area contributed by atoms with Crippen LogP contribution in [0, 0.1) is 12.7 Å². The summed E-state index contributed by atoms with van der Waals surface area (Å²) < 4.78 is 25.4. The number of likely N-dealkylation sites (N-methyl/N-ethyl adjacent to an activating group) is 1. The number of nitrogens with zero attached hydrogens (tertiary/aromatic N) is 1. The van der Waals surface area contributed by atoms with Crippen molar-refractivity contribution in [2.45, 2.75) is 45.8 Å². The number of halogens is 1. The molecule has 0 amide bonds. The standard InChI is InChI=1S/C16H24BFN2O2/c1-11-7-13(18)10-20-14(11)8-12(9-19-6)17-21-15(2,3)16(4,5)22-17/h7-8,10,19H,9H2,1-6H3. The number of hydrogen-bond acceptors (Lipinski definition) is 4. The van der Waals surface area contributed by atoms with Crippen LogP contribution in [0.5, 0.6) is 0 Å². The highest BCUT2D eigenvalue weighted by molar-refractivity contribution is 6.55. The van der Waals surface area contributed by atoms with Crippen LogP contribution in [-0.2, 0) is 9.31 Å². The second-order valence-corrected chi connectivity index (χ2v) is 6.69. The average Bonchev–Trinajstić information content (AvgIpc) is 2.61. The second-order valence-electron chi connectivity index (χ2n) is 6.69. The number of rotatable bonds is 4. The maximum atomic E-state index is 13.2. The van der Waals surface area contributed by atoms with Crippen molar-refractivity contribution in [1.29, 1.82) is 0 Å². The van der Waals surface area contributed by atoms with Crippen molar-refractivity contribution in [2.24, 2.45) is 0 Å². The van der Waals surface area contributed by atoms with Crippen LogP contribution in [0.25, 0.3) is 6.08 Å². The molecular formula is C16H24BFN2O2. The lowest BCUT2D eigenvalue weighted by Crippen LogP contribution is -2.41. The summed E-state index contributed by atoms with van der Waals surface area (Å²) in [5.41, 5.74) is 1.65. The zero-order chi connectivity index (χ0) is 16.5. The zero-order valence-corrected chi connectivity index (χ0v) is 14.2. The van der Waals surface area contributed by atoms with Gasteiger partial charge in [0.25, 0.3) is 0 Å². The molecule has 1 aliphatic heterocycles. The molecule has 0 aliphatic carbocycles. The third kappa shape index (κ3) is 3.40. The number of pyridine rings is 1. The number of nitrogens with one attached hydrogen (secondary N) is 1. The molecule has 1 saturated heterocycles. The average molecular weight is 306 g/mol. The summed E-state index contributed by atoms with van der Waals surface area (Å²) in [5.74, 6) is -0.333. The van der Waals surface area contributed by atoms with Gasteiger partial charge in [0.05, 0.1) is 23.1 Å². The lowest BCUT2D eigenvalue weighted by atomic mass is 9.77. The molecule has 1 aromatic heterocycles. The Morgan fingerprint density at radius 3 is 2.41 bits per heavy atom. The fourth-order valence-electron chi connectivity index (χ4n) is 2.28. The molecule has 120 valence electrons. The Bertz CT molecular complexity index is 572. The molecule has 2 rings (SSSR count). The summed E-state index contributed by atoms with van der Waals surface area (Å²) in [7, 11) is 1.42. The number of hydrogen-bond donors (Lipinski definition) is 1. The molecule has 1 aliphatic rings. The highest BCUT2D eigenvalue weighted by Gasteiger charge is 2.52. The molecule has 1 fully saturated rings. The Labute approximate surface area is 132 Å². The van der Waals surface area contributed by atoms with E-state index >= 15 is 0 Å². The molecular weight excluding hydrogens is 282 g/mol. The summed E-state index contributed by atoms with van der Waals surface area (Å²) >= 11 is 0. The van der Waals surface area contributed by atoms with Gasteiger partial charge in [0.15, 0.2) is 0 Å². The first kappa shape index (κ1) is 17.1. The van der Waals surface area contributed by atoms with Gasteiger partial charge in [0.2, 0.25) is 0 Å². The van der Waals surface area contributed by atoms with E-state index in [0.717, 1.165) is 16.7 Å². The van der Waals surface area contributed by atoms with Gasteiger partial charge >= 0.3 is 7.12 Å². The third-order valence-electron chi connectivity index (χ3n) is 4.34. The van der Waals surface area contributed by atoms with Gasteiger partial charge in [0.1, 0.15) is 5.82 Å². The van der Waals surface area contributed by atoms with Crippen molar-refractivity contribution < 1.29 is 13.7 Å². The van der Waals surface area contributed by atoms with Crippen LogP contribution >= 0.6 is 0 Å². The van der Waals surface area contributed by atoms with E-state index in [9.17, 15) is 4.39 Å². The largest absolute Gasteiger partial charge is 0.491 e. The highest BCUT2D eigenvalue weighted by Crippen LogP contribution is 2.38. The summed E-state index contributed by atoms with van der Waals surface area (Å²) in [5, 5.41) is 3.12. The van der Waals surface area contributed by atoms with Gasteiger partial charge in [0, 0.05) is 6.54 Å². The van der Waals surface area contributed by atoms with Crippen molar-refractivity contribution >= 4 is 13.2 Å². The van der Waals surface area contributed by atoms with Gasteiger partial charge in [-0.1, -0.05) is 0 Å². The lowest BCUT2D eigenvalue weighted by molar-refractivity contribution is 0.00578. The van der Waals surface area contributed by atoms with Gasteiger partial charge < -0.3 is 14.6 Å². The predicted molar refractivity (Wildman–Crippen MR) is 86.9 cm³/mol. The molecule has 0 radical (unpaired) electrons. The van der Waals surface area contributed by atoms with Crippen LogP contribution in [0.4, 0.5) is 4.39 Å². The summed E-state index contributed by atoms with van der Waals surface area (Å²) in [6.07, 6.45) is 3.13. The third-order valence-corrected chi connectivity index (χ3v) is 4.34. The number of aryl methyl sites for hydroxylation is 1. The Hall–Kier alpha value is -1.24. The predicted octanol–water partition coefficient (Wildman–Crippen LogP) is 2.76. The van der Waals surface area contributed by atoms with Gasteiger partial charge in [-0.05, 0) is 64.8 Å². The fraction of sp³-hybridized carbons (Fsp3) is 0.562. The van der Waals surface area contributed by atoms with Gasteiger partial charge in [-0.2, -0.15) is 0 Å². The maximum Gasteiger partial charge on any atom is 0.491 e. The van der Waals surface area contributed by atoms with E-state index in [1.807, 2.05) is 47.7 Å². The molecule has 1 aromatic rings. The van der Waals surface area contributed by atoms with Gasteiger partial charge in [-0.15, -0.1) is 0 Å². The Morgan fingerprint density at radius 1 is 1.32 bits per heavy atom. The molecule has 1 N–H and O–H groups in total. The molecule has 0 unspecified atom stereocenters. The molecule has 6 heteroatoms. The molecule has 0 spiro atoms. The molecule has 0 atom stereocenters. The lowest BCUT2D eigenvalue weighted by Gasteiger charge is -2.32. The second kappa shape index (κ2) is 6.10. The minimum absolute atomic E-state index is 0.333. The molecule has 0 aromatic carbocycles. The van der Waals surface area contributed by atoms with E-state index in [-0.39, 0.29) is 5.82 Å². The van der Waals surface area contributed by atoms with E-state index < -0.39 is 18.3 Å². The summed E-state index contributed by atoms with van der Waals surface area (Å²) in [6, 6.07) is 1.47. The maximum absolute atomic E-state index is 13.2. The van der Waals surface area contributed by atoms with Crippen molar-refractivity contribution in [3.63, 3.8) is 0 Å². The first-order valence-corrected chi connectivity index (χ1v) is 7.49. The van der Waals surface area contributed by atoms with Gasteiger partial charge in [-0.3, -0.25) is 4.98 Å². The summed E-state index contributed by atoms with van der Waals surface area (Å²) in [6.45, 7) is 10.5. The van der Waals surface area contributed by atoms with Crippen LogP contribution < -0.4 is 5.32 Å². The molecule has 0 bridgehead atoms. The van der Waals surface area contributed by atoms with Crippen molar-refractivity contribution in [3.05, 3.63) is 34.8 Å². The Morgan fingerprint density at radius 2 is 1.91 bits per heavy atom. The van der Waals surface area contributed by atoms with Crippen molar-refractivity contribution in [1.82, 2.24) is 10.3 Å². The van der Waals surface area contributed by atoms with Crippen LogP contribution in [-0.4, -0.2) is 36.9 Å². The Kier molecular flexibility index (Phi) is 4.75. The first-order valence-electron chi connectivity index (χ1n) is 7.49. The minimum Gasteiger partial charge on any atom is -0.400 e. The van der Waals surface area contributed by atoms with Crippen LogP contribution in [0.2, 0.25) is 0 Å². The monoisotopic (exact) mass is 306 g/mol. The van der Waals surface area contributed by atoms with Gasteiger partial charge in [-0.25, -0.2) is 4.39 Å². The smallest absolute Gasteiger partial charge is 0.400 e. The molecule has 2 heterocycles. The summed E-state index contributed by atoms with van der Waals surface area (Å²) in [4.78, 5) is 4.15. The molecule has 22 heavy (non-hydrogen) atoms. The molecule has 0 saturated carbocycles. The van der Waals surface area contributed by atoms with E-state index in [1.165, 1.54) is 12.3 Å². The first-order chi connectivity index (χ1) is 10.2. The normalized spacial score (nSPS) is 20.5. The quantitative estimate of drug-likeness (QED) is 0.869. The SMILES string of the molecule is CNCC(=Cc1ncc(F)cc1C)B1OC(C)(C)C(C)(C)O1.